The van der Waals surface area contributed by atoms with Gasteiger partial charge in [0.05, 0.1) is 12.5 Å². The van der Waals surface area contributed by atoms with Crippen molar-refractivity contribution in [2.24, 2.45) is 11.3 Å². The molecule has 1 N–H and O–H groups in total. The van der Waals surface area contributed by atoms with Gasteiger partial charge in [0.2, 0.25) is 0 Å². The van der Waals surface area contributed by atoms with Crippen LogP contribution in [0.15, 0.2) is 24.3 Å². The maximum absolute atomic E-state index is 12.3. The van der Waals surface area contributed by atoms with Crippen molar-refractivity contribution >= 4 is 33.3 Å². The van der Waals surface area contributed by atoms with Crippen LogP contribution in [-0.2, 0) is 20.7 Å². The summed E-state index contributed by atoms with van der Waals surface area (Å²) in [6.45, 7) is 4.15. The van der Waals surface area contributed by atoms with E-state index in [1.54, 1.807) is 45.9 Å². The number of benzene rings is 1. The summed E-state index contributed by atoms with van der Waals surface area (Å²) in [7, 11) is 3.28. The fourth-order valence-electron chi connectivity index (χ4n) is 2.16. The van der Waals surface area contributed by atoms with Crippen LogP contribution < -0.4 is 0 Å². The van der Waals surface area contributed by atoms with Crippen LogP contribution in [0.2, 0.25) is 0 Å². The van der Waals surface area contributed by atoms with Crippen molar-refractivity contribution in [3.8, 4) is 5.75 Å². The van der Waals surface area contributed by atoms with Crippen molar-refractivity contribution in [1.29, 1.82) is 0 Å². The van der Waals surface area contributed by atoms with E-state index < -0.39 is 0 Å². The van der Waals surface area contributed by atoms with Gasteiger partial charge in [0, 0.05) is 29.8 Å². The van der Waals surface area contributed by atoms with E-state index in [1.165, 1.54) is 0 Å². The molecule has 6 heteroatoms. The van der Waals surface area contributed by atoms with E-state index in [0.29, 0.717) is 12.2 Å². The largest absolute Gasteiger partial charge is 0.508 e. The molecule has 1 heterocycles. The predicted octanol–water partition coefficient (Wildman–Crippen LogP) is 3.47. The van der Waals surface area contributed by atoms with Crippen molar-refractivity contribution < 1.29 is 19.4 Å². The van der Waals surface area contributed by atoms with Gasteiger partial charge in [-0.1, -0.05) is 47.6 Å². The second kappa shape index (κ2) is 8.11. The third kappa shape index (κ3) is 5.46. The number of phenolic OH excluding ortho intramolecular Hbond substituents is 1. The first-order chi connectivity index (χ1) is 10.9. The van der Waals surface area contributed by atoms with Crippen LogP contribution in [0.5, 0.6) is 5.75 Å². The van der Waals surface area contributed by atoms with E-state index in [4.69, 9.17) is 4.74 Å². The number of carbonyl (C=O) groups excluding carboxylic acids is 2. The van der Waals surface area contributed by atoms with Crippen molar-refractivity contribution in [2.45, 2.75) is 26.7 Å². The van der Waals surface area contributed by atoms with E-state index in [9.17, 15) is 14.7 Å². The van der Waals surface area contributed by atoms with E-state index in [0.717, 1.165) is 11.3 Å². The highest BCUT2D eigenvalue weighted by atomic mass is 33.1. The zero-order valence-corrected chi connectivity index (χ0v) is 15.0. The van der Waals surface area contributed by atoms with Crippen molar-refractivity contribution in [3.63, 3.8) is 0 Å². The molecule has 1 atom stereocenters. The summed E-state index contributed by atoms with van der Waals surface area (Å²) in [5.41, 5.74) is 0.609. The number of ketones is 1. The number of aromatic hydroxyl groups is 1. The molecular formula is C17H22O4S2. The molecule has 0 spiro atoms. The minimum absolute atomic E-state index is 0.130. The lowest BCUT2D eigenvalue weighted by atomic mass is 9.85. The number of ether oxygens (including phenoxy) is 1. The summed E-state index contributed by atoms with van der Waals surface area (Å²) in [5.74, 6) is 1.09. The highest BCUT2D eigenvalue weighted by molar-refractivity contribution is 8.76. The lowest BCUT2D eigenvalue weighted by Crippen LogP contribution is -2.33. The van der Waals surface area contributed by atoms with Crippen LogP contribution in [-0.4, -0.2) is 35.0 Å². The standard InChI is InChI=1S/C17H22O4S2/c1-17(2)11-23-22-10-13(9-15(17)19)16(20)21-8-7-12-3-5-14(18)6-4-12/h3-6,13,18H,7-11H2,1-2H3. The highest BCUT2D eigenvalue weighted by Crippen LogP contribution is 2.37. The molecule has 1 aliphatic heterocycles. The monoisotopic (exact) mass is 354 g/mol. The second-order valence-electron chi connectivity index (χ2n) is 6.34. The van der Waals surface area contributed by atoms with Crippen LogP contribution in [0.1, 0.15) is 25.8 Å². The third-order valence-electron chi connectivity index (χ3n) is 3.86. The zero-order valence-electron chi connectivity index (χ0n) is 13.4. The fraction of sp³-hybridized carbons (Fsp3) is 0.529. The molecule has 1 aliphatic rings. The van der Waals surface area contributed by atoms with Crippen LogP contribution in [0, 0.1) is 11.3 Å². The molecule has 1 unspecified atom stereocenters. The zero-order chi connectivity index (χ0) is 16.9. The summed E-state index contributed by atoms with van der Waals surface area (Å²) in [4.78, 5) is 24.5. The molecule has 0 aliphatic carbocycles. The fourth-order valence-corrected chi connectivity index (χ4v) is 5.13. The molecule has 126 valence electrons. The highest BCUT2D eigenvalue weighted by Gasteiger charge is 2.34. The average Bonchev–Trinajstić information content (AvgIpc) is 2.50. The van der Waals surface area contributed by atoms with Gasteiger partial charge in [-0.25, -0.2) is 0 Å². The van der Waals surface area contributed by atoms with Crippen molar-refractivity contribution in [2.75, 3.05) is 18.1 Å². The number of hydrogen-bond acceptors (Lipinski definition) is 6. The molecule has 1 aromatic carbocycles. The molecule has 0 saturated carbocycles. The molecule has 1 saturated heterocycles. The van der Waals surface area contributed by atoms with Gasteiger partial charge in [0.15, 0.2) is 0 Å². The molecule has 4 nitrogen and oxygen atoms in total. The van der Waals surface area contributed by atoms with E-state index >= 15 is 0 Å². The maximum atomic E-state index is 12.3. The summed E-state index contributed by atoms with van der Waals surface area (Å²) < 4.78 is 5.35. The molecule has 0 aromatic heterocycles. The van der Waals surface area contributed by atoms with Gasteiger partial charge in [-0.15, -0.1) is 0 Å². The van der Waals surface area contributed by atoms with Crippen LogP contribution in [0.3, 0.4) is 0 Å². The number of carbonyl (C=O) groups is 2. The normalized spacial score (nSPS) is 21.3. The maximum Gasteiger partial charge on any atom is 0.310 e. The smallest absolute Gasteiger partial charge is 0.310 e. The Labute approximate surface area is 144 Å². The Morgan fingerprint density at radius 2 is 2.00 bits per heavy atom. The summed E-state index contributed by atoms with van der Waals surface area (Å²) in [6.07, 6.45) is 0.860. The molecular weight excluding hydrogens is 332 g/mol. The van der Waals surface area contributed by atoms with Gasteiger partial charge in [-0.3, -0.25) is 9.59 Å². The van der Waals surface area contributed by atoms with Gasteiger partial charge >= 0.3 is 5.97 Å². The molecule has 0 bridgehead atoms. The second-order valence-corrected chi connectivity index (χ2v) is 8.85. The summed E-state index contributed by atoms with van der Waals surface area (Å²) in [5, 5.41) is 9.24. The average molecular weight is 354 g/mol. The van der Waals surface area contributed by atoms with Crippen LogP contribution in [0.25, 0.3) is 0 Å². The van der Waals surface area contributed by atoms with Crippen molar-refractivity contribution in [3.05, 3.63) is 29.8 Å². The van der Waals surface area contributed by atoms with E-state index in [2.05, 4.69) is 0 Å². The summed E-state index contributed by atoms with van der Waals surface area (Å²) in [6, 6.07) is 6.83. The SMILES string of the molecule is CC1(C)CSSCC(C(=O)OCCc2ccc(O)cc2)CC1=O. The van der Waals surface area contributed by atoms with Gasteiger partial charge < -0.3 is 9.84 Å². The minimum atomic E-state index is -0.386. The number of Topliss-reactive ketones (excluding diaryl/α,β-unsaturated/α-hetero) is 1. The van der Waals surface area contributed by atoms with E-state index in [-0.39, 0.29) is 41.9 Å². The topological polar surface area (TPSA) is 63.6 Å². The lowest BCUT2D eigenvalue weighted by Gasteiger charge is -2.27. The molecule has 1 aromatic rings. The van der Waals surface area contributed by atoms with E-state index in [1.807, 2.05) is 13.8 Å². The number of esters is 1. The van der Waals surface area contributed by atoms with Gasteiger partial charge in [-0.2, -0.15) is 0 Å². The first-order valence-electron chi connectivity index (χ1n) is 7.61. The minimum Gasteiger partial charge on any atom is -0.508 e. The van der Waals surface area contributed by atoms with Gasteiger partial charge in [0.25, 0.3) is 0 Å². The number of phenols is 1. The third-order valence-corrected chi connectivity index (χ3v) is 6.67. The summed E-state index contributed by atoms with van der Waals surface area (Å²) >= 11 is 0. The molecule has 1 fully saturated rings. The molecule has 2 rings (SSSR count). The first-order valence-corrected chi connectivity index (χ1v) is 10.1. The van der Waals surface area contributed by atoms with Crippen molar-refractivity contribution in [1.82, 2.24) is 0 Å². The quantitative estimate of drug-likeness (QED) is 0.660. The molecule has 0 radical (unpaired) electrons. The number of hydrogen-bond donors (Lipinski definition) is 1. The molecule has 23 heavy (non-hydrogen) atoms. The number of rotatable bonds is 4. The van der Waals surface area contributed by atoms with Gasteiger partial charge in [0.1, 0.15) is 11.5 Å². The Bertz CT molecular complexity index is 554. The Balaban J connectivity index is 1.84. The predicted molar refractivity (Wildman–Crippen MR) is 94.6 cm³/mol. The van der Waals surface area contributed by atoms with Crippen LogP contribution in [0.4, 0.5) is 0 Å². The lowest BCUT2D eigenvalue weighted by molar-refractivity contribution is -0.149. The Morgan fingerprint density at radius 3 is 2.70 bits per heavy atom. The molecule has 0 amide bonds. The van der Waals surface area contributed by atoms with Crippen LogP contribution >= 0.6 is 21.6 Å². The Hall–Kier alpha value is -1.14. The Kier molecular flexibility index (Phi) is 6.41. The van der Waals surface area contributed by atoms with Gasteiger partial charge in [-0.05, 0) is 17.7 Å². The first kappa shape index (κ1) is 18.2. The Morgan fingerprint density at radius 1 is 1.30 bits per heavy atom.